The van der Waals surface area contributed by atoms with E-state index >= 15 is 0 Å². The molecule has 1 aromatic heterocycles. The molecule has 1 nitrogen and oxygen atoms in total. The van der Waals surface area contributed by atoms with Crippen molar-refractivity contribution >= 4 is 21.7 Å². The maximum atomic E-state index is 4.60. The molecule has 2 heteroatoms. The summed E-state index contributed by atoms with van der Waals surface area (Å²) in [5.41, 5.74) is 2.33. The molecule has 0 saturated carbocycles. The van der Waals surface area contributed by atoms with Gasteiger partial charge in [0.05, 0.1) is 0 Å². The molecule has 1 radical (unpaired) electrons. The van der Waals surface area contributed by atoms with Crippen LogP contribution in [0.5, 0.6) is 0 Å². The van der Waals surface area contributed by atoms with Crippen LogP contribution in [0.4, 0.5) is 0 Å². The second-order valence-corrected chi connectivity index (χ2v) is 4.69. The standard InChI is InChI=1S/C16H14N.Ir/c1-11(2)14-9-13-8-7-12-5-3-4-6-15(12)16(13)17-10-14;/h3-5,7-11H,1-2H3;/q-1;. The molecular formula is C16H14IrN-. The maximum absolute atomic E-state index is 4.60. The van der Waals surface area contributed by atoms with Gasteiger partial charge in [0.2, 0.25) is 0 Å². The van der Waals surface area contributed by atoms with Crippen molar-refractivity contribution in [1.29, 1.82) is 0 Å². The van der Waals surface area contributed by atoms with E-state index in [2.05, 4.69) is 49.2 Å². The van der Waals surface area contributed by atoms with Crippen LogP contribution in [0.2, 0.25) is 0 Å². The Morgan fingerprint density at radius 2 is 1.89 bits per heavy atom. The van der Waals surface area contributed by atoms with Gasteiger partial charge in [-0.2, -0.15) is 0 Å². The number of rotatable bonds is 1. The van der Waals surface area contributed by atoms with Gasteiger partial charge in [-0.25, -0.2) is 0 Å². The Morgan fingerprint density at radius 3 is 2.67 bits per heavy atom. The normalized spacial score (nSPS) is 10.8. The van der Waals surface area contributed by atoms with Crippen LogP contribution in [0.15, 0.2) is 42.6 Å². The Hall–Kier alpha value is -1.24. The minimum absolute atomic E-state index is 0. The first-order valence-corrected chi connectivity index (χ1v) is 5.95. The van der Waals surface area contributed by atoms with E-state index in [0.29, 0.717) is 5.92 Å². The molecule has 0 aliphatic carbocycles. The van der Waals surface area contributed by atoms with Gasteiger partial charge < -0.3 is 4.98 Å². The molecule has 0 fully saturated rings. The van der Waals surface area contributed by atoms with Gasteiger partial charge in [-0.15, -0.1) is 35.0 Å². The van der Waals surface area contributed by atoms with Gasteiger partial charge in [-0.1, -0.05) is 32.0 Å². The summed E-state index contributed by atoms with van der Waals surface area (Å²) in [6.07, 6.45) is 1.98. The molecule has 2 aromatic carbocycles. The second-order valence-electron chi connectivity index (χ2n) is 4.69. The predicted molar refractivity (Wildman–Crippen MR) is 72.2 cm³/mol. The van der Waals surface area contributed by atoms with Crippen LogP contribution >= 0.6 is 0 Å². The SMILES string of the molecule is CC(C)c1cnc2c(ccc3ccc[c-]c32)c1.[Ir]. The van der Waals surface area contributed by atoms with Gasteiger partial charge in [0.15, 0.2) is 0 Å². The second kappa shape index (κ2) is 5.17. The van der Waals surface area contributed by atoms with E-state index in [1.807, 2.05) is 18.3 Å². The van der Waals surface area contributed by atoms with Gasteiger partial charge in [0.25, 0.3) is 0 Å². The van der Waals surface area contributed by atoms with E-state index in [0.717, 1.165) is 10.9 Å². The third kappa shape index (κ3) is 2.19. The molecule has 0 amide bonds. The first kappa shape index (κ1) is 13.2. The molecule has 18 heavy (non-hydrogen) atoms. The molecule has 0 unspecified atom stereocenters. The molecular weight excluding hydrogens is 398 g/mol. The first-order valence-electron chi connectivity index (χ1n) is 5.95. The summed E-state index contributed by atoms with van der Waals surface area (Å²) < 4.78 is 0. The summed E-state index contributed by atoms with van der Waals surface area (Å²) in [6, 6.07) is 15.8. The number of pyridine rings is 1. The van der Waals surface area contributed by atoms with Gasteiger partial charge in [-0.05, 0) is 22.4 Å². The van der Waals surface area contributed by atoms with Crippen molar-refractivity contribution in [3.63, 3.8) is 0 Å². The summed E-state index contributed by atoms with van der Waals surface area (Å²) in [5, 5.41) is 3.51. The minimum atomic E-state index is 0. The monoisotopic (exact) mass is 413 g/mol. The zero-order valence-corrected chi connectivity index (χ0v) is 12.8. The summed E-state index contributed by atoms with van der Waals surface area (Å²) >= 11 is 0. The van der Waals surface area contributed by atoms with Crippen molar-refractivity contribution < 1.29 is 20.1 Å². The number of hydrogen-bond donors (Lipinski definition) is 0. The van der Waals surface area contributed by atoms with Gasteiger partial charge in [0.1, 0.15) is 0 Å². The van der Waals surface area contributed by atoms with Crippen LogP contribution in [0, 0.1) is 6.07 Å². The number of fused-ring (bicyclic) bond motifs is 3. The maximum Gasteiger partial charge on any atom is 0.0195 e. The molecule has 0 atom stereocenters. The van der Waals surface area contributed by atoms with Crippen molar-refractivity contribution in [3.05, 3.63) is 54.2 Å². The number of nitrogens with zero attached hydrogens (tertiary/aromatic N) is 1. The molecule has 0 aliphatic heterocycles. The Kier molecular flexibility index (Phi) is 3.79. The molecule has 3 aromatic rings. The third-order valence-corrected chi connectivity index (χ3v) is 3.17. The smallest absolute Gasteiger partial charge is 0.0195 e. The molecule has 0 N–H and O–H groups in total. The Morgan fingerprint density at radius 1 is 1.11 bits per heavy atom. The largest absolute Gasteiger partial charge is 0.304 e. The van der Waals surface area contributed by atoms with E-state index in [-0.39, 0.29) is 20.1 Å². The van der Waals surface area contributed by atoms with Crippen molar-refractivity contribution in [2.75, 3.05) is 0 Å². The molecule has 1 heterocycles. The third-order valence-electron chi connectivity index (χ3n) is 3.17. The summed E-state index contributed by atoms with van der Waals surface area (Å²) in [6.45, 7) is 4.38. The summed E-state index contributed by atoms with van der Waals surface area (Å²) in [4.78, 5) is 4.60. The number of benzene rings is 2. The van der Waals surface area contributed by atoms with Crippen molar-refractivity contribution in [3.8, 4) is 0 Å². The minimum Gasteiger partial charge on any atom is -0.304 e. The van der Waals surface area contributed by atoms with Crippen LogP contribution in [0.1, 0.15) is 25.3 Å². The van der Waals surface area contributed by atoms with Crippen LogP contribution in [-0.4, -0.2) is 4.98 Å². The van der Waals surface area contributed by atoms with E-state index in [1.54, 1.807) is 0 Å². The predicted octanol–water partition coefficient (Wildman–Crippen LogP) is 4.31. The average molecular weight is 413 g/mol. The summed E-state index contributed by atoms with van der Waals surface area (Å²) in [7, 11) is 0. The fourth-order valence-corrected chi connectivity index (χ4v) is 2.12. The zero-order valence-electron chi connectivity index (χ0n) is 10.4. The first-order chi connectivity index (χ1) is 8.25. The summed E-state index contributed by atoms with van der Waals surface area (Å²) in [5.74, 6) is 0.516. The number of hydrogen-bond acceptors (Lipinski definition) is 1. The van der Waals surface area contributed by atoms with E-state index in [1.165, 1.54) is 16.3 Å². The topological polar surface area (TPSA) is 12.9 Å². The van der Waals surface area contributed by atoms with Crippen LogP contribution < -0.4 is 0 Å². The molecule has 0 bridgehead atoms. The molecule has 0 saturated heterocycles. The van der Waals surface area contributed by atoms with Crippen LogP contribution in [0.25, 0.3) is 21.7 Å². The zero-order chi connectivity index (χ0) is 11.8. The van der Waals surface area contributed by atoms with E-state index in [9.17, 15) is 0 Å². The van der Waals surface area contributed by atoms with Crippen molar-refractivity contribution in [2.45, 2.75) is 19.8 Å². The van der Waals surface area contributed by atoms with Gasteiger partial charge in [0, 0.05) is 26.3 Å². The molecule has 0 spiro atoms. The number of aromatic nitrogens is 1. The van der Waals surface area contributed by atoms with Gasteiger partial charge >= 0.3 is 0 Å². The Bertz CT molecular complexity index is 689. The Balaban J connectivity index is 0.00000120. The van der Waals surface area contributed by atoms with Crippen molar-refractivity contribution in [1.82, 2.24) is 4.98 Å². The fraction of sp³-hybridized carbons (Fsp3) is 0.188. The van der Waals surface area contributed by atoms with E-state index in [4.69, 9.17) is 0 Å². The van der Waals surface area contributed by atoms with Gasteiger partial charge in [-0.3, -0.25) is 0 Å². The van der Waals surface area contributed by atoms with Crippen LogP contribution in [0.3, 0.4) is 0 Å². The quantitative estimate of drug-likeness (QED) is 0.429. The Labute approximate surface area is 121 Å². The molecule has 93 valence electrons. The molecule has 3 rings (SSSR count). The molecule has 0 aliphatic rings. The van der Waals surface area contributed by atoms with E-state index < -0.39 is 0 Å². The average Bonchev–Trinajstić information content (AvgIpc) is 2.38. The van der Waals surface area contributed by atoms with Crippen LogP contribution in [-0.2, 0) is 20.1 Å². The van der Waals surface area contributed by atoms with Crippen molar-refractivity contribution in [2.24, 2.45) is 0 Å². The fourth-order valence-electron chi connectivity index (χ4n) is 2.12.